The van der Waals surface area contributed by atoms with E-state index in [0.29, 0.717) is 12.1 Å². The SMILES string of the molecule is CCN(CC)CCNC(=O)c1cc(S(=O)(=O)N(C)C)ccc1I. The fourth-order valence-corrected chi connectivity index (χ4v) is 3.52. The Labute approximate surface area is 152 Å². The number of halogens is 1. The van der Waals surface area contributed by atoms with E-state index in [0.717, 1.165) is 27.5 Å². The molecule has 6 nitrogen and oxygen atoms in total. The lowest BCUT2D eigenvalue weighted by Crippen LogP contribution is -2.35. The first-order chi connectivity index (χ1) is 10.7. The molecule has 0 unspecified atom stereocenters. The average molecular weight is 453 g/mol. The molecular weight excluding hydrogens is 429 g/mol. The number of likely N-dealkylation sites (N-methyl/N-ethyl adjacent to an activating group) is 1. The molecule has 0 saturated heterocycles. The molecule has 8 heteroatoms. The molecule has 0 bridgehead atoms. The van der Waals surface area contributed by atoms with Crippen LogP contribution in [0.4, 0.5) is 0 Å². The minimum atomic E-state index is -3.55. The van der Waals surface area contributed by atoms with Crippen molar-refractivity contribution < 1.29 is 13.2 Å². The van der Waals surface area contributed by atoms with Crippen LogP contribution >= 0.6 is 22.6 Å². The molecule has 0 saturated carbocycles. The van der Waals surface area contributed by atoms with Crippen LogP contribution in [0.25, 0.3) is 0 Å². The Kier molecular flexibility index (Phi) is 7.91. The second kappa shape index (κ2) is 8.95. The maximum atomic E-state index is 12.3. The monoisotopic (exact) mass is 453 g/mol. The molecule has 0 heterocycles. The number of carbonyl (C=O) groups is 1. The lowest BCUT2D eigenvalue weighted by atomic mass is 10.2. The van der Waals surface area contributed by atoms with Gasteiger partial charge in [-0.05, 0) is 53.9 Å². The highest BCUT2D eigenvalue weighted by molar-refractivity contribution is 14.1. The van der Waals surface area contributed by atoms with Gasteiger partial charge in [-0.15, -0.1) is 0 Å². The number of amides is 1. The quantitative estimate of drug-likeness (QED) is 0.608. The molecule has 0 radical (unpaired) electrons. The van der Waals surface area contributed by atoms with Crippen LogP contribution in [0.15, 0.2) is 23.1 Å². The van der Waals surface area contributed by atoms with E-state index in [1.165, 1.54) is 26.2 Å². The van der Waals surface area contributed by atoms with Crippen LogP contribution in [0.5, 0.6) is 0 Å². The molecule has 0 fully saturated rings. The summed E-state index contributed by atoms with van der Waals surface area (Å²) in [5.41, 5.74) is 0.382. The van der Waals surface area contributed by atoms with E-state index in [4.69, 9.17) is 0 Å². The molecule has 1 aromatic rings. The first kappa shape index (κ1) is 20.3. The van der Waals surface area contributed by atoms with E-state index in [-0.39, 0.29) is 10.8 Å². The largest absolute Gasteiger partial charge is 0.351 e. The van der Waals surface area contributed by atoms with Gasteiger partial charge in [0.2, 0.25) is 10.0 Å². The van der Waals surface area contributed by atoms with E-state index in [9.17, 15) is 13.2 Å². The van der Waals surface area contributed by atoms with Gasteiger partial charge >= 0.3 is 0 Å². The predicted molar refractivity (Wildman–Crippen MR) is 100 cm³/mol. The van der Waals surface area contributed by atoms with Crippen LogP contribution in [0, 0.1) is 3.57 Å². The summed E-state index contributed by atoms with van der Waals surface area (Å²) >= 11 is 2.04. The molecule has 0 aromatic heterocycles. The van der Waals surface area contributed by atoms with Crippen molar-refractivity contribution in [3.8, 4) is 0 Å². The van der Waals surface area contributed by atoms with Gasteiger partial charge in [0.1, 0.15) is 0 Å². The Morgan fingerprint density at radius 3 is 2.35 bits per heavy atom. The molecular formula is C15H24IN3O3S. The lowest BCUT2D eigenvalue weighted by Gasteiger charge is -2.18. The summed E-state index contributed by atoms with van der Waals surface area (Å²) in [7, 11) is -0.611. The van der Waals surface area contributed by atoms with Crippen molar-refractivity contribution in [1.29, 1.82) is 0 Å². The number of rotatable bonds is 8. The summed E-state index contributed by atoms with van der Waals surface area (Å²) in [5.74, 6) is -0.252. The van der Waals surface area contributed by atoms with Crippen LogP contribution in [-0.2, 0) is 10.0 Å². The number of nitrogens with zero attached hydrogens (tertiary/aromatic N) is 2. The third-order valence-electron chi connectivity index (χ3n) is 3.57. The van der Waals surface area contributed by atoms with Gasteiger partial charge < -0.3 is 10.2 Å². The number of hydrogen-bond acceptors (Lipinski definition) is 4. The molecule has 0 aliphatic heterocycles. The van der Waals surface area contributed by atoms with Crippen molar-refractivity contribution in [3.63, 3.8) is 0 Å². The zero-order valence-corrected chi connectivity index (χ0v) is 16.9. The molecule has 0 aliphatic carbocycles. The predicted octanol–water partition coefficient (Wildman–Crippen LogP) is 1.61. The standard InChI is InChI=1S/C15H24IN3O3S/c1-5-19(6-2)10-9-17-15(20)13-11-12(7-8-14(13)16)23(21,22)18(3)4/h7-8,11H,5-6,9-10H2,1-4H3,(H,17,20). The van der Waals surface area contributed by atoms with Crippen LogP contribution in [-0.4, -0.2) is 63.8 Å². The Hall–Kier alpha value is -0.710. The number of benzene rings is 1. The fraction of sp³-hybridized carbons (Fsp3) is 0.533. The van der Waals surface area contributed by atoms with Crippen molar-refractivity contribution >= 4 is 38.5 Å². The van der Waals surface area contributed by atoms with Crippen LogP contribution in [0.3, 0.4) is 0 Å². The number of sulfonamides is 1. The van der Waals surface area contributed by atoms with Gasteiger partial charge in [0.25, 0.3) is 5.91 Å². The Morgan fingerprint density at radius 1 is 1.22 bits per heavy atom. The second-order valence-electron chi connectivity index (χ2n) is 5.21. The molecule has 130 valence electrons. The zero-order chi connectivity index (χ0) is 17.6. The van der Waals surface area contributed by atoms with Crippen molar-refractivity contribution in [1.82, 2.24) is 14.5 Å². The maximum absolute atomic E-state index is 12.3. The van der Waals surface area contributed by atoms with Crippen LogP contribution in [0.2, 0.25) is 0 Å². The Balaban J connectivity index is 2.89. The van der Waals surface area contributed by atoms with Crippen molar-refractivity contribution in [2.45, 2.75) is 18.7 Å². The van der Waals surface area contributed by atoms with Gasteiger partial charge in [0.15, 0.2) is 0 Å². The van der Waals surface area contributed by atoms with E-state index in [1.807, 2.05) is 22.6 Å². The summed E-state index contributed by atoms with van der Waals surface area (Å²) in [6.45, 7) is 7.31. The van der Waals surface area contributed by atoms with Gasteiger partial charge in [-0.2, -0.15) is 0 Å². The summed E-state index contributed by atoms with van der Waals surface area (Å²) < 4.78 is 26.2. The average Bonchev–Trinajstić information content (AvgIpc) is 2.51. The van der Waals surface area contributed by atoms with Crippen molar-refractivity contribution in [2.24, 2.45) is 0 Å². The minimum Gasteiger partial charge on any atom is -0.351 e. The van der Waals surface area contributed by atoms with Crippen molar-refractivity contribution in [2.75, 3.05) is 40.3 Å². The van der Waals surface area contributed by atoms with E-state index in [2.05, 4.69) is 24.1 Å². The molecule has 1 rings (SSSR count). The normalized spacial score (nSPS) is 12.0. The molecule has 1 aromatic carbocycles. The highest BCUT2D eigenvalue weighted by Crippen LogP contribution is 2.19. The van der Waals surface area contributed by atoms with Gasteiger partial charge in [0, 0.05) is 30.8 Å². The van der Waals surface area contributed by atoms with Crippen LogP contribution < -0.4 is 5.32 Å². The molecule has 1 amide bonds. The molecule has 0 aliphatic rings. The molecule has 23 heavy (non-hydrogen) atoms. The molecule has 1 N–H and O–H groups in total. The van der Waals surface area contributed by atoms with E-state index < -0.39 is 10.0 Å². The first-order valence-corrected chi connectivity index (χ1v) is 9.98. The smallest absolute Gasteiger partial charge is 0.252 e. The summed E-state index contributed by atoms with van der Waals surface area (Å²) in [4.78, 5) is 14.7. The summed E-state index contributed by atoms with van der Waals surface area (Å²) in [6.07, 6.45) is 0. The van der Waals surface area contributed by atoms with Gasteiger partial charge in [-0.25, -0.2) is 12.7 Å². The van der Waals surface area contributed by atoms with Gasteiger partial charge in [-0.1, -0.05) is 13.8 Å². The molecule has 0 atom stereocenters. The third kappa shape index (κ3) is 5.40. The number of hydrogen-bond donors (Lipinski definition) is 1. The topological polar surface area (TPSA) is 69.7 Å². The minimum absolute atomic E-state index is 0.122. The highest BCUT2D eigenvalue weighted by Gasteiger charge is 2.20. The summed E-state index contributed by atoms with van der Waals surface area (Å²) in [5, 5.41) is 2.85. The Bertz CT molecular complexity index is 643. The van der Waals surface area contributed by atoms with E-state index >= 15 is 0 Å². The summed E-state index contributed by atoms with van der Waals surface area (Å²) in [6, 6.07) is 4.60. The second-order valence-corrected chi connectivity index (χ2v) is 8.53. The Morgan fingerprint density at radius 2 is 1.83 bits per heavy atom. The number of nitrogens with one attached hydrogen (secondary N) is 1. The van der Waals surface area contributed by atoms with E-state index in [1.54, 1.807) is 6.07 Å². The molecule has 0 spiro atoms. The zero-order valence-electron chi connectivity index (χ0n) is 14.0. The highest BCUT2D eigenvalue weighted by atomic mass is 127. The lowest BCUT2D eigenvalue weighted by molar-refractivity contribution is 0.0948. The first-order valence-electron chi connectivity index (χ1n) is 7.46. The van der Waals surface area contributed by atoms with Gasteiger partial charge in [0.05, 0.1) is 10.5 Å². The van der Waals surface area contributed by atoms with Crippen LogP contribution in [0.1, 0.15) is 24.2 Å². The third-order valence-corrected chi connectivity index (χ3v) is 6.32. The number of carbonyl (C=O) groups excluding carboxylic acids is 1. The van der Waals surface area contributed by atoms with Crippen molar-refractivity contribution in [3.05, 3.63) is 27.3 Å². The maximum Gasteiger partial charge on any atom is 0.252 e. The van der Waals surface area contributed by atoms with Gasteiger partial charge in [-0.3, -0.25) is 4.79 Å². The fourth-order valence-electron chi connectivity index (χ4n) is 2.01.